The molecule has 0 unspecified atom stereocenters. The number of allylic oxidation sites excluding steroid dienone is 1. The summed E-state index contributed by atoms with van der Waals surface area (Å²) in [6, 6.07) is 6.37. The van der Waals surface area contributed by atoms with E-state index in [9.17, 15) is 19.2 Å². The van der Waals surface area contributed by atoms with Crippen molar-refractivity contribution in [2.75, 3.05) is 33.5 Å². The number of nitrogens with zero attached hydrogens (tertiary/aromatic N) is 1. The zero-order valence-corrected chi connectivity index (χ0v) is 25.3. The van der Waals surface area contributed by atoms with Crippen LogP contribution in [0.1, 0.15) is 37.9 Å². The van der Waals surface area contributed by atoms with Crippen LogP contribution in [0.5, 0.6) is 17.2 Å². The Kier molecular flexibility index (Phi) is 12.0. The highest BCUT2D eigenvalue weighted by Crippen LogP contribution is 2.35. The first-order valence-corrected chi connectivity index (χ1v) is 13.7. The Morgan fingerprint density at radius 2 is 1.77 bits per heavy atom. The van der Waals surface area contributed by atoms with Crippen molar-refractivity contribution >= 4 is 53.3 Å². The Morgan fingerprint density at radius 3 is 2.47 bits per heavy atom. The molecule has 1 aliphatic heterocycles. The van der Waals surface area contributed by atoms with Gasteiger partial charge in [0.05, 0.1) is 43.2 Å². The topological polar surface area (TPSA) is 163 Å². The third kappa shape index (κ3) is 9.00. The maximum absolute atomic E-state index is 12.6. The van der Waals surface area contributed by atoms with Gasteiger partial charge in [-0.25, -0.2) is 19.8 Å². The van der Waals surface area contributed by atoms with E-state index in [-0.39, 0.29) is 52.7 Å². The molecule has 3 amide bonds. The number of rotatable bonds is 13. The number of hydrogen-bond acceptors (Lipinski definition) is 10. The molecular formula is C28H30Cl2N4O9. The van der Waals surface area contributed by atoms with Gasteiger partial charge in [0.1, 0.15) is 5.75 Å². The minimum Gasteiger partial charge on any atom is -0.493 e. The van der Waals surface area contributed by atoms with Crippen LogP contribution < -0.4 is 30.3 Å². The fourth-order valence-corrected chi connectivity index (χ4v) is 4.48. The van der Waals surface area contributed by atoms with E-state index in [2.05, 4.69) is 21.2 Å². The highest BCUT2D eigenvalue weighted by atomic mass is 35.5. The van der Waals surface area contributed by atoms with Crippen LogP contribution in [-0.2, 0) is 23.9 Å². The normalized spacial score (nSPS) is 14.5. The molecular weight excluding hydrogens is 607 g/mol. The summed E-state index contributed by atoms with van der Waals surface area (Å²) >= 11 is 12.3. The minimum atomic E-state index is -0.806. The standard InChI is InChI=1S/C28H30Cl2N4O9/c1-5-40-23(36)14-43-26-17(9-18(29)11-19(26)30)12-31-34-22(35)13-42-20-8-7-16(10-21(20)39-4)25-24(27(37)41-6-2)15(3)32-28(38)33-25/h7-12,25H,5-6,13-14H2,1-4H3,(H,34,35)(H2,32,33,38)/b31-12+/t25-/m1/s1. The highest BCUT2D eigenvalue weighted by Gasteiger charge is 2.32. The van der Waals surface area contributed by atoms with Gasteiger partial charge in [-0.2, -0.15) is 5.10 Å². The van der Waals surface area contributed by atoms with Crippen LogP contribution in [0.25, 0.3) is 0 Å². The summed E-state index contributed by atoms with van der Waals surface area (Å²) in [5, 5.41) is 9.58. The average molecular weight is 637 g/mol. The molecule has 0 saturated carbocycles. The molecule has 0 spiro atoms. The number of esters is 2. The first-order valence-electron chi connectivity index (χ1n) is 12.9. The zero-order valence-electron chi connectivity index (χ0n) is 23.7. The summed E-state index contributed by atoms with van der Waals surface area (Å²) in [7, 11) is 1.41. The van der Waals surface area contributed by atoms with Crippen molar-refractivity contribution in [2.24, 2.45) is 5.10 Å². The molecule has 0 saturated heterocycles. The second-order valence-corrected chi connectivity index (χ2v) is 9.53. The molecule has 1 atom stereocenters. The molecule has 1 aliphatic rings. The van der Waals surface area contributed by atoms with Crippen LogP contribution in [-0.4, -0.2) is 63.6 Å². The van der Waals surface area contributed by atoms with Gasteiger partial charge < -0.3 is 34.3 Å². The minimum absolute atomic E-state index is 0.124. The summed E-state index contributed by atoms with van der Waals surface area (Å²) < 4.78 is 26.5. The lowest BCUT2D eigenvalue weighted by Crippen LogP contribution is -2.45. The maximum atomic E-state index is 12.6. The Morgan fingerprint density at radius 1 is 1.02 bits per heavy atom. The smallest absolute Gasteiger partial charge is 0.344 e. The van der Waals surface area contributed by atoms with E-state index < -0.39 is 36.5 Å². The van der Waals surface area contributed by atoms with Crippen molar-refractivity contribution in [2.45, 2.75) is 26.8 Å². The van der Waals surface area contributed by atoms with Gasteiger partial charge in [0.25, 0.3) is 5.91 Å². The molecule has 0 radical (unpaired) electrons. The van der Waals surface area contributed by atoms with Gasteiger partial charge in [0, 0.05) is 16.3 Å². The second kappa shape index (κ2) is 15.7. The number of nitrogens with one attached hydrogen (secondary N) is 3. The molecule has 3 N–H and O–H groups in total. The van der Waals surface area contributed by atoms with Gasteiger partial charge >= 0.3 is 18.0 Å². The summed E-state index contributed by atoms with van der Waals surface area (Å²) in [4.78, 5) is 48.8. The van der Waals surface area contributed by atoms with Crippen LogP contribution in [0.2, 0.25) is 10.0 Å². The van der Waals surface area contributed by atoms with Crippen LogP contribution >= 0.6 is 23.2 Å². The highest BCUT2D eigenvalue weighted by molar-refractivity contribution is 6.36. The lowest BCUT2D eigenvalue weighted by molar-refractivity contribution is -0.145. The first kappa shape index (κ1) is 33.0. The average Bonchev–Trinajstić information content (AvgIpc) is 2.95. The number of carbonyl (C=O) groups excluding carboxylic acids is 4. The van der Waals surface area contributed by atoms with Gasteiger partial charge in [0.15, 0.2) is 24.7 Å². The second-order valence-electron chi connectivity index (χ2n) is 8.68. The molecule has 230 valence electrons. The Bertz CT molecular complexity index is 1450. The van der Waals surface area contributed by atoms with Crippen LogP contribution in [0.3, 0.4) is 0 Å². The van der Waals surface area contributed by atoms with Crippen molar-refractivity contribution in [3.63, 3.8) is 0 Å². The van der Waals surface area contributed by atoms with E-state index in [0.717, 1.165) is 0 Å². The van der Waals surface area contributed by atoms with E-state index in [4.69, 9.17) is 46.9 Å². The van der Waals surface area contributed by atoms with E-state index in [1.165, 1.54) is 31.5 Å². The van der Waals surface area contributed by atoms with Crippen molar-refractivity contribution in [1.29, 1.82) is 0 Å². The van der Waals surface area contributed by atoms with Crippen molar-refractivity contribution < 1.29 is 42.9 Å². The van der Waals surface area contributed by atoms with Gasteiger partial charge in [0.2, 0.25) is 0 Å². The van der Waals surface area contributed by atoms with Crippen LogP contribution in [0.4, 0.5) is 4.79 Å². The largest absolute Gasteiger partial charge is 0.493 e. The number of halogens is 2. The molecule has 43 heavy (non-hydrogen) atoms. The van der Waals surface area contributed by atoms with Crippen molar-refractivity contribution in [3.8, 4) is 17.2 Å². The third-order valence-electron chi connectivity index (χ3n) is 5.71. The van der Waals surface area contributed by atoms with Gasteiger partial charge in [-0.05, 0) is 50.6 Å². The van der Waals surface area contributed by atoms with Crippen LogP contribution in [0.15, 0.2) is 46.7 Å². The predicted octanol–water partition coefficient (Wildman–Crippen LogP) is 3.66. The molecule has 0 fully saturated rings. The number of ether oxygens (including phenoxy) is 5. The summed E-state index contributed by atoms with van der Waals surface area (Å²) in [6.45, 7) is 4.48. The number of benzene rings is 2. The Labute approximate surface area is 257 Å². The number of carbonyl (C=O) groups is 4. The molecule has 0 aromatic heterocycles. The lowest BCUT2D eigenvalue weighted by Gasteiger charge is -2.28. The van der Waals surface area contributed by atoms with Crippen LogP contribution in [0, 0.1) is 0 Å². The molecule has 0 aliphatic carbocycles. The van der Waals surface area contributed by atoms with E-state index >= 15 is 0 Å². The van der Waals surface area contributed by atoms with Crippen molar-refractivity contribution in [1.82, 2.24) is 16.1 Å². The number of hydrazone groups is 1. The number of amides is 3. The van der Waals surface area contributed by atoms with Gasteiger partial charge in [-0.15, -0.1) is 0 Å². The number of hydrogen-bond donors (Lipinski definition) is 3. The Hall–Kier alpha value is -4.49. The fraction of sp³-hybridized carbons (Fsp3) is 0.321. The summed E-state index contributed by atoms with van der Waals surface area (Å²) in [6.07, 6.45) is 1.25. The van der Waals surface area contributed by atoms with Crippen molar-refractivity contribution in [3.05, 3.63) is 62.8 Å². The molecule has 0 bridgehead atoms. The molecule has 13 nitrogen and oxygen atoms in total. The zero-order chi connectivity index (χ0) is 31.5. The van der Waals surface area contributed by atoms with Gasteiger partial charge in [-0.1, -0.05) is 29.3 Å². The number of urea groups is 1. The van der Waals surface area contributed by atoms with Gasteiger partial charge in [-0.3, -0.25) is 4.79 Å². The summed E-state index contributed by atoms with van der Waals surface area (Å²) in [5.74, 6) is -1.18. The van der Waals surface area contributed by atoms with E-state index in [1.54, 1.807) is 32.9 Å². The summed E-state index contributed by atoms with van der Waals surface area (Å²) in [5.41, 5.74) is 3.74. The molecule has 15 heteroatoms. The Balaban J connectivity index is 1.68. The molecule has 1 heterocycles. The SMILES string of the molecule is CCOC(=O)COc1c(Cl)cc(Cl)cc1/C=N/NC(=O)COc1ccc([C@H]2NC(=O)NC(C)=C2C(=O)OCC)cc1OC. The molecule has 3 rings (SSSR count). The van der Waals surface area contributed by atoms with E-state index in [1.807, 2.05) is 0 Å². The predicted molar refractivity (Wildman–Crippen MR) is 157 cm³/mol. The molecule has 2 aromatic rings. The lowest BCUT2D eigenvalue weighted by atomic mass is 9.95. The number of methoxy groups -OCH3 is 1. The first-order chi connectivity index (χ1) is 20.6. The maximum Gasteiger partial charge on any atom is 0.344 e. The van der Waals surface area contributed by atoms with E-state index in [0.29, 0.717) is 16.8 Å². The molecule has 2 aromatic carbocycles. The third-order valence-corrected chi connectivity index (χ3v) is 6.21. The quantitative estimate of drug-likeness (QED) is 0.169. The fourth-order valence-electron chi connectivity index (χ4n) is 3.92. The monoisotopic (exact) mass is 636 g/mol.